The van der Waals surface area contributed by atoms with Gasteiger partial charge in [0.1, 0.15) is 0 Å². The highest BCUT2D eigenvalue weighted by Gasteiger charge is 2.22. The van der Waals surface area contributed by atoms with E-state index in [1.165, 1.54) is 13.0 Å². The Bertz CT molecular complexity index is 957. The van der Waals surface area contributed by atoms with Crippen LogP contribution in [0.15, 0.2) is 36.4 Å². The summed E-state index contributed by atoms with van der Waals surface area (Å²) in [5, 5.41) is 4.54. The van der Waals surface area contributed by atoms with Gasteiger partial charge in [-0.05, 0) is 32.1 Å². The number of carbonyl (C=O) groups excluding carboxylic acids is 3. The number of aryl methyl sites for hydroxylation is 1. The second-order valence-electron chi connectivity index (χ2n) is 7.16. The van der Waals surface area contributed by atoms with Crippen LogP contribution in [0.4, 0.5) is 0 Å². The number of aromatic nitrogens is 2. The molecule has 0 unspecified atom stereocenters. The van der Waals surface area contributed by atoms with Gasteiger partial charge in [0.25, 0.3) is 5.91 Å². The maximum absolute atomic E-state index is 12.2. The van der Waals surface area contributed by atoms with Crippen LogP contribution in [0.3, 0.4) is 0 Å². The third-order valence-corrected chi connectivity index (χ3v) is 5.15. The summed E-state index contributed by atoms with van der Waals surface area (Å²) < 4.78 is 6.92. The minimum Gasteiger partial charge on any atom is -0.452 e. The number of nitrogens with zero attached hydrogens (tertiary/aromatic N) is 4. The lowest BCUT2D eigenvalue weighted by Gasteiger charge is -2.34. The Labute approximate surface area is 175 Å². The second kappa shape index (κ2) is 9.39. The lowest BCUT2D eigenvalue weighted by atomic mass is 10.2. The van der Waals surface area contributed by atoms with Crippen molar-refractivity contribution >= 4 is 23.9 Å². The van der Waals surface area contributed by atoms with E-state index in [4.69, 9.17) is 4.74 Å². The molecule has 1 fully saturated rings. The monoisotopic (exact) mass is 410 g/mol. The second-order valence-corrected chi connectivity index (χ2v) is 7.16. The summed E-state index contributed by atoms with van der Waals surface area (Å²) in [4.78, 5) is 39.0. The number of carbonyl (C=O) groups is 3. The summed E-state index contributed by atoms with van der Waals surface area (Å²) in [6.07, 6.45) is 2.98. The van der Waals surface area contributed by atoms with E-state index in [-0.39, 0.29) is 18.4 Å². The highest BCUT2D eigenvalue weighted by atomic mass is 16.5. The van der Waals surface area contributed by atoms with Crippen LogP contribution in [0, 0.1) is 13.8 Å². The lowest BCUT2D eigenvalue weighted by Crippen LogP contribution is -2.51. The van der Waals surface area contributed by atoms with E-state index < -0.39 is 5.97 Å². The first-order valence-corrected chi connectivity index (χ1v) is 9.86. The molecule has 2 aromatic rings. The molecule has 1 aliphatic heterocycles. The molecule has 2 heterocycles. The van der Waals surface area contributed by atoms with Crippen LogP contribution in [0.5, 0.6) is 0 Å². The smallest absolute Gasteiger partial charge is 0.331 e. The highest BCUT2D eigenvalue weighted by Crippen LogP contribution is 2.19. The molecule has 0 atom stereocenters. The molecule has 3 rings (SSSR count). The predicted molar refractivity (Wildman–Crippen MR) is 112 cm³/mol. The third kappa shape index (κ3) is 4.94. The molecule has 8 heteroatoms. The molecule has 2 amide bonds. The Kier molecular flexibility index (Phi) is 6.66. The first-order chi connectivity index (χ1) is 14.4. The van der Waals surface area contributed by atoms with Crippen molar-refractivity contribution in [2.24, 2.45) is 0 Å². The van der Waals surface area contributed by atoms with Crippen LogP contribution in [0.1, 0.15) is 23.9 Å². The van der Waals surface area contributed by atoms with Crippen molar-refractivity contribution in [2.45, 2.75) is 20.8 Å². The Morgan fingerprint density at radius 1 is 1.03 bits per heavy atom. The van der Waals surface area contributed by atoms with E-state index in [0.29, 0.717) is 26.2 Å². The number of benzene rings is 1. The zero-order valence-corrected chi connectivity index (χ0v) is 17.5. The molecule has 8 nitrogen and oxygen atoms in total. The van der Waals surface area contributed by atoms with Gasteiger partial charge in [-0.25, -0.2) is 9.48 Å². The number of para-hydroxylation sites is 1. The number of hydrogen-bond donors (Lipinski definition) is 0. The van der Waals surface area contributed by atoms with Gasteiger partial charge in [-0.15, -0.1) is 0 Å². The summed E-state index contributed by atoms with van der Waals surface area (Å²) in [6, 6.07) is 9.74. The Morgan fingerprint density at radius 3 is 2.30 bits per heavy atom. The number of rotatable bonds is 5. The summed E-state index contributed by atoms with van der Waals surface area (Å²) in [5.74, 6) is -0.846. The minimum atomic E-state index is -0.586. The van der Waals surface area contributed by atoms with E-state index >= 15 is 0 Å². The number of amides is 2. The van der Waals surface area contributed by atoms with Crippen molar-refractivity contribution in [3.63, 3.8) is 0 Å². The summed E-state index contributed by atoms with van der Waals surface area (Å²) in [6.45, 7) is 6.90. The van der Waals surface area contributed by atoms with Crippen LogP contribution in [-0.2, 0) is 19.1 Å². The summed E-state index contributed by atoms with van der Waals surface area (Å²) >= 11 is 0. The lowest BCUT2D eigenvalue weighted by molar-refractivity contribution is -0.149. The molecule has 0 saturated carbocycles. The van der Waals surface area contributed by atoms with Crippen molar-refractivity contribution in [3.8, 4) is 5.69 Å². The third-order valence-electron chi connectivity index (χ3n) is 5.15. The number of hydrogen-bond acceptors (Lipinski definition) is 5. The maximum Gasteiger partial charge on any atom is 0.331 e. The molecule has 1 saturated heterocycles. The first-order valence-electron chi connectivity index (χ1n) is 9.86. The molecule has 0 bridgehead atoms. The molecule has 1 aliphatic rings. The minimum absolute atomic E-state index is 0.000150. The van der Waals surface area contributed by atoms with Gasteiger partial charge >= 0.3 is 5.97 Å². The molecule has 1 aromatic carbocycles. The fourth-order valence-electron chi connectivity index (χ4n) is 3.41. The molecule has 0 aliphatic carbocycles. The molecule has 158 valence electrons. The standard InChI is InChI=1S/C22H26N4O4/c1-16-20(17(2)26(23-16)19-7-5-4-6-8-19)9-10-22(29)30-15-21(28)25-13-11-24(12-14-25)18(3)27/h4-10H,11-15H2,1-3H3/b10-9+. The van der Waals surface area contributed by atoms with Gasteiger partial charge in [0.2, 0.25) is 5.91 Å². The quantitative estimate of drug-likeness (QED) is 0.554. The topological polar surface area (TPSA) is 84.7 Å². The van der Waals surface area contributed by atoms with Gasteiger partial charge < -0.3 is 14.5 Å². The fraction of sp³-hybridized carbons (Fsp3) is 0.364. The van der Waals surface area contributed by atoms with Gasteiger partial charge in [0, 0.05) is 50.4 Å². The van der Waals surface area contributed by atoms with Crippen molar-refractivity contribution in [1.29, 1.82) is 0 Å². The fourth-order valence-corrected chi connectivity index (χ4v) is 3.41. The Balaban J connectivity index is 1.55. The van der Waals surface area contributed by atoms with Crippen LogP contribution in [0.25, 0.3) is 11.8 Å². The molecular weight excluding hydrogens is 384 g/mol. The van der Waals surface area contributed by atoms with Crippen molar-refractivity contribution < 1.29 is 19.1 Å². The average molecular weight is 410 g/mol. The molecule has 0 spiro atoms. The van der Waals surface area contributed by atoms with Gasteiger partial charge in [0.15, 0.2) is 6.61 Å². The van der Waals surface area contributed by atoms with Gasteiger partial charge in [-0.2, -0.15) is 5.10 Å². The zero-order chi connectivity index (χ0) is 21.7. The molecular formula is C22H26N4O4. The Morgan fingerprint density at radius 2 is 1.67 bits per heavy atom. The van der Waals surface area contributed by atoms with Gasteiger partial charge in [-0.3, -0.25) is 9.59 Å². The van der Waals surface area contributed by atoms with Crippen molar-refractivity contribution in [3.05, 3.63) is 53.4 Å². The molecule has 0 radical (unpaired) electrons. The zero-order valence-electron chi connectivity index (χ0n) is 17.5. The van der Waals surface area contributed by atoms with Gasteiger partial charge in [0.05, 0.1) is 11.4 Å². The number of esters is 1. The largest absolute Gasteiger partial charge is 0.452 e. The molecule has 1 aromatic heterocycles. The van der Waals surface area contributed by atoms with E-state index in [1.54, 1.807) is 15.9 Å². The average Bonchev–Trinajstić information content (AvgIpc) is 3.04. The SMILES string of the molecule is CC(=O)N1CCN(C(=O)COC(=O)/C=C/c2c(C)nn(-c3ccccc3)c2C)CC1. The van der Waals surface area contributed by atoms with E-state index in [1.807, 2.05) is 48.9 Å². The van der Waals surface area contributed by atoms with E-state index in [2.05, 4.69) is 5.10 Å². The van der Waals surface area contributed by atoms with Crippen molar-refractivity contribution in [2.75, 3.05) is 32.8 Å². The normalized spacial score (nSPS) is 14.2. The van der Waals surface area contributed by atoms with Crippen molar-refractivity contribution in [1.82, 2.24) is 19.6 Å². The molecule has 30 heavy (non-hydrogen) atoms. The van der Waals surface area contributed by atoms with Crippen LogP contribution < -0.4 is 0 Å². The Hall–Kier alpha value is -3.42. The van der Waals surface area contributed by atoms with Crippen LogP contribution in [-0.4, -0.2) is 70.1 Å². The van der Waals surface area contributed by atoms with E-state index in [9.17, 15) is 14.4 Å². The molecule has 0 N–H and O–H groups in total. The number of piperazine rings is 1. The maximum atomic E-state index is 12.2. The summed E-state index contributed by atoms with van der Waals surface area (Å²) in [5.41, 5.74) is 3.47. The number of ether oxygens (including phenoxy) is 1. The highest BCUT2D eigenvalue weighted by molar-refractivity contribution is 5.89. The summed E-state index contributed by atoms with van der Waals surface area (Å²) in [7, 11) is 0. The van der Waals surface area contributed by atoms with Crippen LogP contribution >= 0.6 is 0 Å². The van der Waals surface area contributed by atoms with E-state index in [0.717, 1.165) is 22.6 Å². The first kappa shape index (κ1) is 21.3. The van der Waals surface area contributed by atoms with Gasteiger partial charge in [-0.1, -0.05) is 18.2 Å². The predicted octanol–water partition coefficient (Wildman–Crippen LogP) is 1.74. The van der Waals surface area contributed by atoms with Crippen LogP contribution in [0.2, 0.25) is 0 Å².